The molecular formula is C70H126N2O11. The Kier molecular flexibility index (Phi) is 54.0. The van der Waals surface area contributed by atoms with E-state index in [0.29, 0.717) is 64.6 Å². The number of unbranched alkanes of at least 4 members (excludes halogenated alkanes) is 13. The van der Waals surface area contributed by atoms with Crippen LogP contribution >= 0.6 is 0 Å². The van der Waals surface area contributed by atoms with Crippen molar-refractivity contribution in [1.29, 1.82) is 0 Å². The van der Waals surface area contributed by atoms with Crippen molar-refractivity contribution in [2.24, 2.45) is 5.92 Å². The standard InChI is InChI=1S/C70H126N2O11/c1-8-14-19-24-28-37-56-77-69(78-57-38-29-25-20-15-9-2)47-35-33-45-66(74)81-60-63(61-82-67(75)46-34-36-48-70(79-58-39-30-26-21-16-10-3)80-59-40-31-27-22-17-11-4)72(53-41-43-62-51-54-71(7)55-52-62)65(73)49-50-68(76)83-64(42-13-6)44-32-23-18-12-5/h14-17,19-22,62-64,69-70H,8-13,18,23-61H2,1-7H3/b19-14-,20-15-,21-16-,22-17-. The van der Waals surface area contributed by atoms with Crippen molar-refractivity contribution in [2.75, 3.05) is 66.3 Å². The molecule has 1 aliphatic rings. The van der Waals surface area contributed by atoms with Gasteiger partial charge in [-0.15, -0.1) is 0 Å². The van der Waals surface area contributed by atoms with E-state index in [9.17, 15) is 19.2 Å². The summed E-state index contributed by atoms with van der Waals surface area (Å²) in [7, 11) is 2.16. The van der Waals surface area contributed by atoms with Gasteiger partial charge in [-0.1, -0.05) is 116 Å². The van der Waals surface area contributed by atoms with Crippen molar-refractivity contribution in [3.05, 3.63) is 48.6 Å². The molecule has 0 aliphatic carbocycles. The molecule has 1 unspecified atom stereocenters. The van der Waals surface area contributed by atoms with Gasteiger partial charge in [-0.25, -0.2) is 0 Å². The van der Waals surface area contributed by atoms with Crippen molar-refractivity contribution in [3.63, 3.8) is 0 Å². The van der Waals surface area contributed by atoms with E-state index in [-0.39, 0.29) is 81.4 Å². The Morgan fingerprint density at radius 3 is 1.33 bits per heavy atom. The van der Waals surface area contributed by atoms with Crippen LogP contribution in [0.3, 0.4) is 0 Å². The lowest BCUT2D eigenvalue weighted by Crippen LogP contribution is -2.47. The third-order valence-corrected chi connectivity index (χ3v) is 15.3. The van der Waals surface area contributed by atoms with Gasteiger partial charge in [0.25, 0.3) is 0 Å². The molecule has 1 heterocycles. The SMILES string of the molecule is CC/C=C\CCCCOC(CCCCC(=O)OCC(COC(=O)CCCCC(OCCCC/C=C\CC)OCCCC/C=C\CC)N(CCCC1CCN(C)CC1)C(=O)CCC(=O)OC(CCC)CCCCCC)OCCCC/C=C\CC. The second-order valence-corrected chi connectivity index (χ2v) is 23.1. The summed E-state index contributed by atoms with van der Waals surface area (Å²) in [5.41, 5.74) is 0. The largest absolute Gasteiger partial charge is 0.463 e. The summed E-state index contributed by atoms with van der Waals surface area (Å²) in [5.74, 6) is -0.803. The molecule has 13 nitrogen and oxygen atoms in total. The third kappa shape index (κ3) is 47.5. The number of rotatable bonds is 58. The number of piperidine rings is 1. The molecule has 0 N–H and O–H groups in total. The summed E-state index contributed by atoms with van der Waals surface area (Å²) in [6.45, 7) is 17.6. The maximum Gasteiger partial charge on any atom is 0.306 e. The van der Waals surface area contributed by atoms with Gasteiger partial charge in [0, 0.05) is 52.2 Å². The average Bonchev–Trinajstić information content (AvgIpc) is 3.54. The highest BCUT2D eigenvalue weighted by Gasteiger charge is 2.29. The van der Waals surface area contributed by atoms with E-state index in [2.05, 4.69) is 102 Å². The zero-order chi connectivity index (χ0) is 60.5. The van der Waals surface area contributed by atoms with Gasteiger partial charge in [-0.05, 0) is 212 Å². The Bertz CT molecular complexity index is 1520. The molecule has 482 valence electrons. The normalized spacial score (nSPS) is 14.0. The van der Waals surface area contributed by atoms with Crippen LogP contribution in [-0.2, 0) is 52.3 Å². The summed E-state index contributed by atoms with van der Waals surface area (Å²) >= 11 is 0. The molecule has 0 bridgehead atoms. The van der Waals surface area contributed by atoms with E-state index >= 15 is 0 Å². The van der Waals surface area contributed by atoms with Crippen molar-refractivity contribution in [3.8, 4) is 0 Å². The van der Waals surface area contributed by atoms with Gasteiger partial charge in [-0.2, -0.15) is 0 Å². The molecule has 0 aromatic heterocycles. The van der Waals surface area contributed by atoms with Gasteiger partial charge < -0.3 is 43.0 Å². The summed E-state index contributed by atoms with van der Waals surface area (Å²) in [6, 6.07) is -0.725. The lowest BCUT2D eigenvalue weighted by molar-refractivity contribution is -0.156. The number of hydrogen-bond donors (Lipinski definition) is 0. The van der Waals surface area contributed by atoms with Gasteiger partial charge in [0.05, 0.1) is 12.5 Å². The maximum atomic E-state index is 14.5. The molecule has 1 rings (SSSR count). The first-order chi connectivity index (χ1) is 40.6. The van der Waals surface area contributed by atoms with Crippen LogP contribution in [0, 0.1) is 5.92 Å². The van der Waals surface area contributed by atoms with E-state index in [4.69, 9.17) is 33.2 Å². The molecule has 1 atom stereocenters. The number of hydrogen-bond acceptors (Lipinski definition) is 12. The molecule has 0 aromatic rings. The van der Waals surface area contributed by atoms with Crippen LogP contribution in [0.5, 0.6) is 0 Å². The summed E-state index contributed by atoms with van der Waals surface area (Å²) in [6.07, 6.45) is 48.5. The van der Waals surface area contributed by atoms with Crippen LogP contribution in [0.2, 0.25) is 0 Å². The van der Waals surface area contributed by atoms with Gasteiger partial charge in [0.2, 0.25) is 5.91 Å². The first-order valence-corrected chi connectivity index (χ1v) is 34.1. The molecule has 1 aliphatic heterocycles. The molecule has 0 saturated carbocycles. The van der Waals surface area contributed by atoms with Crippen LogP contribution in [0.15, 0.2) is 48.6 Å². The summed E-state index contributed by atoms with van der Waals surface area (Å²) < 4.78 is 43.0. The third-order valence-electron chi connectivity index (χ3n) is 15.3. The van der Waals surface area contributed by atoms with E-state index in [1.807, 2.05) is 0 Å². The predicted octanol–water partition coefficient (Wildman–Crippen LogP) is 17.2. The number of carbonyl (C=O) groups is 4. The number of esters is 3. The fourth-order valence-electron chi connectivity index (χ4n) is 10.2. The van der Waals surface area contributed by atoms with Crippen LogP contribution in [-0.4, -0.2) is 125 Å². The monoisotopic (exact) mass is 1170 g/mol. The second-order valence-electron chi connectivity index (χ2n) is 23.1. The van der Waals surface area contributed by atoms with Gasteiger partial charge in [0.15, 0.2) is 12.6 Å². The van der Waals surface area contributed by atoms with Crippen molar-refractivity contribution in [2.45, 2.75) is 304 Å². The predicted molar refractivity (Wildman–Crippen MR) is 341 cm³/mol. The van der Waals surface area contributed by atoms with Crippen LogP contribution in [0.1, 0.15) is 279 Å². The average molecular weight is 1170 g/mol. The van der Waals surface area contributed by atoms with Crippen LogP contribution in [0.4, 0.5) is 0 Å². The zero-order valence-electron chi connectivity index (χ0n) is 54.4. The Hall–Kier alpha value is -3.36. The molecule has 13 heteroatoms. The maximum absolute atomic E-state index is 14.5. The number of ether oxygens (including phenoxy) is 7. The quantitative estimate of drug-likeness (QED) is 0.0188. The second kappa shape index (κ2) is 57.7. The van der Waals surface area contributed by atoms with Gasteiger partial charge >= 0.3 is 17.9 Å². The molecule has 1 fully saturated rings. The van der Waals surface area contributed by atoms with Crippen molar-refractivity contribution >= 4 is 23.8 Å². The Balaban J connectivity index is 3.19. The number of allylic oxidation sites excluding steroid dienone is 8. The van der Waals surface area contributed by atoms with E-state index in [1.165, 1.54) is 0 Å². The summed E-state index contributed by atoms with van der Waals surface area (Å²) in [4.78, 5) is 59.1. The highest BCUT2D eigenvalue weighted by atomic mass is 16.7. The first kappa shape index (κ1) is 77.7. The van der Waals surface area contributed by atoms with Gasteiger partial charge in [0.1, 0.15) is 19.3 Å². The Morgan fingerprint density at radius 2 is 0.904 bits per heavy atom. The summed E-state index contributed by atoms with van der Waals surface area (Å²) in [5, 5.41) is 0. The molecule has 83 heavy (non-hydrogen) atoms. The number of amides is 1. The molecule has 1 saturated heterocycles. The number of nitrogens with zero attached hydrogens (tertiary/aromatic N) is 2. The molecule has 0 spiro atoms. The molecule has 0 aromatic carbocycles. The van der Waals surface area contributed by atoms with Gasteiger partial charge in [-0.3, -0.25) is 19.2 Å². The minimum absolute atomic E-state index is 0.0473. The van der Waals surface area contributed by atoms with Crippen molar-refractivity contribution < 1.29 is 52.3 Å². The molecular weight excluding hydrogens is 1040 g/mol. The number of likely N-dealkylation sites (tertiary alicyclic amines) is 1. The minimum Gasteiger partial charge on any atom is -0.463 e. The van der Waals surface area contributed by atoms with Crippen molar-refractivity contribution in [1.82, 2.24) is 9.80 Å². The lowest BCUT2D eigenvalue weighted by atomic mass is 9.92. The molecule has 1 amide bonds. The Labute approximate surface area is 508 Å². The zero-order valence-corrected chi connectivity index (χ0v) is 54.4. The topological polar surface area (TPSA) is 139 Å². The van der Waals surface area contributed by atoms with Crippen LogP contribution < -0.4 is 0 Å². The van der Waals surface area contributed by atoms with E-state index in [0.717, 1.165) is 199 Å². The number of carbonyl (C=O) groups excluding carboxylic acids is 4. The van der Waals surface area contributed by atoms with Crippen LogP contribution in [0.25, 0.3) is 0 Å². The smallest absolute Gasteiger partial charge is 0.306 e. The van der Waals surface area contributed by atoms with E-state index in [1.54, 1.807) is 4.90 Å². The fraction of sp³-hybridized carbons (Fsp3) is 0.829. The minimum atomic E-state index is -0.725. The van der Waals surface area contributed by atoms with E-state index < -0.39 is 6.04 Å². The molecule has 0 radical (unpaired) electrons. The fourth-order valence-corrected chi connectivity index (χ4v) is 10.2. The first-order valence-electron chi connectivity index (χ1n) is 34.1. The highest BCUT2D eigenvalue weighted by molar-refractivity contribution is 5.82. The Morgan fingerprint density at radius 1 is 0.458 bits per heavy atom. The highest BCUT2D eigenvalue weighted by Crippen LogP contribution is 2.23. The lowest BCUT2D eigenvalue weighted by Gasteiger charge is -2.33.